The van der Waals surface area contributed by atoms with E-state index in [1.54, 1.807) is 12.1 Å². The van der Waals surface area contributed by atoms with E-state index in [9.17, 15) is 14.4 Å². The van der Waals surface area contributed by atoms with E-state index in [0.29, 0.717) is 27.4 Å². The summed E-state index contributed by atoms with van der Waals surface area (Å²) in [7, 11) is 0. The number of anilines is 2. The Bertz CT molecular complexity index is 1200. The van der Waals surface area contributed by atoms with Crippen LogP contribution in [0.2, 0.25) is 5.02 Å². The molecule has 0 bridgehead atoms. The first kappa shape index (κ1) is 19.5. The number of para-hydroxylation sites is 1. The van der Waals surface area contributed by atoms with E-state index < -0.39 is 17.4 Å². The molecule has 4 atom stereocenters. The first-order chi connectivity index (χ1) is 14.9. The summed E-state index contributed by atoms with van der Waals surface area (Å²) < 4.78 is 0.671. The van der Waals surface area contributed by atoms with E-state index >= 15 is 0 Å². The number of aryl methyl sites for hydroxylation is 1. The Morgan fingerprint density at radius 3 is 2.71 bits per heavy atom. The minimum Gasteiger partial charge on any atom is -0.323 e. The van der Waals surface area contributed by atoms with Gasteiger partial charge in [-0.25, -0.2) is 4.90 Å². The molecule has 0 aromatic heterocycles. The van der Waals surface area contributed by atoms with Crippen molar-refractivity contribution in [1.29, 1.82) is 0 Å². The van der Waals surface area contributed by atoms with Gasteiger partial charge in [-0.3, -0.25) is 19.3 Å². The van der Waals surface area contributed by atoms with Gasteiger partial charge < -0.3 is 5.32 Å². The summed E-state index contributed by atoms with van der Waals surface area (Å²) in [5.41, 5.74) is 1.51. The Hall–Kier alpha value is -2.22. The first-order valence-electron chi connectivity index (χ1n) is 10.4. The molecule has 4 aliphatic rings. The Morgan fingerprint density at radius 2 is 1.94 bits per heavy atom. The second-order valence-electron chi connectivity index (χ2n) is 8.76. The lowest BCUT2D eigenvalue weighted by Crippen LogP contribution is -2.54. The molecule has 4 aliphatic heterocycles. The van der Waals surface area contributed by atoms with E-state index in [1.807, 2.05) is 31.2 Å². The highest BCUT2D eigenvalue weighted by molar-refractivity contribution is 9.10. The number of amides is 3. The third-order valence-corrected chi connectivity index (χ3v) is 8.26. The number of nitrogens with zero attached hydrogens (tertiary/aromatic N) is 2. The van der Waals surface area contributed by atoms with Crippen molar-refractivity contribution in [2.24, 2.45) is 11.8 Å². The van der Waals surface area contributed by atoms with Crippen molar-refractivity contribution in [3.8, 4) is 0 Å². The summed E-state index contributed by atoms with van der Waals surface area (Å²) in [6.45, 7) is 2.59. The van der Waals surface area contributed by atoms with Crippen molar-refractivity contribution in [3.05, 3.63) is 57.0 Å². The van der Waals surface area contributed by atoms with E-state index in [2.05, 4.69) is 26.1 Å². The van der Waals surface area contributed by atoms with Gasteiger partial charge in [0.25, 0.3) is 5.91 Å². The fraction of sp³-hybridized carbons (Fsp3) is 0.348. The molecule has 3 fully saturated rings. The van der Waals surface area contributed by atoms with Gasteiger partial charge in [-0.05, 0) is 66.0 Å². The van der Waals surface area contributed by atoms with Crippen molar-refractivity contribution >= 4 is 56.6 Å². The zero-order valence-corrected chi connectivity index (χ0v) is 19.0. The SMILES string of the molecule is Cc1cc(Cl)c2c(c1)[C@]1(C(=O)N2)[C@@H]2C(=O)N(c3ccccc3Br)C(=O)[C@@H]2[C@@H]2CCCN21. The van der Waals surface area contributed by atoms with Gasteiger partial charge in [0, 0.05) is 16.1 Å². The van der Waals surface area contributed by atoms with Crippen LogP contribution in [0.15, 0.2) is 40.9 Å². The van der Waals surface area contributed by atoms with Crippen molar-refractivity contribution in [2.75, 3.05) is 16.8 Å². The molecule has 2 aromatic carbocycles. The summed E-state index contributed by atoms with van der Waals surface area (Å²) in [5.74, 6) is -2.15. The zero-order chi connectivity index (χ0) is 21.7. The summed E-state index contributed by atoms with van der Waals surface area (Å²) >= 11 is 9.97. The standard InChI is InChI=1S/C23H19BrClN3O3/c1-11-9-12-19(14(25)10-11)26-22(31)23(12)18-17(16-7-4-8-27(16)23)20(29)28(21(18)30)15-6-3-2-5-13(15)24/h2-3,5-6,9-10,16-18H,4,7-8H2,1H3,(H,26,31)/t16-,17+,18-,23+/m0/s1. The quantitative estimate of drug-likeness (QED) is 0.604. The number of hydrogen-bond donors (Lipinski definition) is 1. The van der Waals surface area contributed by atoms with E-state index in [4.69, 9.17) is 11.6 Å². The molecule has 3 amide bonds. The molecule has 31 heavy (non-hydrogen) atoms. The van der Waals surface area contributed by atoms with Crippen LogP contribution in [0, 0.1) is 18.8 Å². The van der Waals surface area contributed by atoms with Gasteiger partial charge in [-0.15, -0.1) is 0 Å². The Balaban J connectivity index is 1.60. The largest absolute Gasteiger partial charge is 0.323 e. The fourth-order valence-corrected chi connectivity index (χ4v) is 7.05. The van der Waals surface area contributed by atoms with Crippen LogP contribution in [0.4, 0.5) is 11.4 Å². The Labute approximate surface area is 192 Å². The van der Waals surface area contributed by atoms with Crippen LogP contribution in [0.25, 0.3) is 0 Å². The van der Waals surface area contributed by atoms with Crippen molar-refractivity contribution in [3.63, 3.8) is 0 Å². The van der Waals surface area contributed by atoms with Crippen LogP contribution in [0.1, 0.15) is 24.0 Å². The predicted octanol–water partition coefficient (Wildman–Crippen LogP) is 3.84. The molecular weight excluding hydrogens is 482 g/mol. The molecule has 2 aromatic rings. The number of hydrogen-bond acceptors (Lipinski definition) is 4. The molecule has 1 spiro atoms. The molecular formula is C23H19BrClN3O3. The predicted molar refractivity (Wildman–Crippen MR) is 120 cm³/mol. The number of benzene rings is 2. The minimum atomic E-state index is -1.21. The molecule has 0 unspecified atom stereocenters. The summed E-state index contributed by atoms with van der Waals surface area (Å²) in [6, 6.07) is 10.8. The number of nitrogens with one attached hydrogen (secondary N) is 1. The number of carbonyl (C=O) groups excluding carboxylic acids is 3. The highest BCUT2D eigenvalue weighted by Crippen LogP contribution is 2.61. The highest BCUT2D eigenvalue weighted by Gasteiger charge is 2.74. The van der Waals surface area contributed by atoms with Gasteiger partial charge in [-0.1, -0.05) is 29.8 Å². The number of halogens is 2. The lowest BCUT2D eigenvalue weighted by atomic mass is 9.75. The summed E-state index contributed by atoms with van der Waals surface area (Å²) in [5, 5.41) is 3.41. The van der Waals surface area contributed by atoms with Gasteiger partial charge >= 0.3 is 0 Å². The van der Waals surface area contributed by atoms with Gasteiger partial charge in [0.15, 0.2) is 0 Å². The van der Waals surface area contributed by atoms with Crippen LogP contribution < -0.4 is 10.2 Å². The summed E-state index contributed by atoms with van der Waals surface area (Å²) in [6.07, 6.45) is 1.67. The minimum absolute atomic E-state index is 0.148. The molecule has 0 aliphatic carbocycles. The van der Waals surface area contributed by atoms with Crippen molar-refractivity contribution in [1.82, 2.24) is 4.90 Å². The number of rotatable bonds is 1. The van der Waals surface area contributed by atoms with Crippen LogP contribution in [-0.4, -0.2) is 35.2 Å². The third kappa shape index (κ3) is 2.24. The maximum absolute atomic E-state index is 13.9. The highest BCUT2D eigenvalue weighted by atomic mass is 79.9. The van der Waals surface area contributed by atoms with Crippen LogP contribution in [-0.2, 0) is 19.9 Å². The maximum Gasteiger partial charge on any atom is 0.250 e. The molecule has 158 valence electrons. The number of fused-ring (bicyclic) bond motifs is 7. The average molecular weight is 501 g/mol. The maximum atomic E-state index is 13.9. The molecule has 1 N–H and O–H groups in total. The lowest BCUT2D eigenvalue weighted by molar-refractivity contribution is -0.135. The second-order valence-corrected chi connectivity index (χ2v) is 10.0. The molecule has 0 saturated carbocycles. The van der Waals surface area contributed by atoms with Crippen LogP contribution >= 0.6 is 27.5 Å². The summed E-state index contributed by atoms with van der Waals surface area (Å²) in [4.78, 5) is 44.6. The van der Waals surface area contributed by atoms with E-state index in [-0.39, 0.29) is 23.8 Å². The van der Waals surface area contributed by atoms with E-state index in [1.165, 1.54) is 4.90 Å². The molecule has 0 radical (unpaired) electrons. The second kappa shape index (κ2) is 6.40. The Morgan fingerprint density at radius 1 is 1.16 bits per heavy atom. The Kier molecular flexibility index (Phi) is 4.02. The molecule has 3 saturated heterocycles. The smallest absolute Gasteiger partial charge is 0.250 e. The molecule has 6 rings (SSSR count). The number of imide groups is 1. The van der Waals surface area contributed by atoms with Gasteiger partial charge in [-0.2, -0.15) is 0 Å². The fourth-order valence-electron chi connectivity index (χ4n) is 6.27. The van der Waals surface area contributed by atoms with Gasteiger partial charge in [0.2, 0.25) is 11.8 Å². The normalized spacial score (nSPS) is 31.4. The van der Waals surface area contributed by atoms with Crippen molar-refractivity contribution in [2.45, 2.75) is 31.3 Å². The van der Waals surface area contributed by atoms with Crippen molar-refractivity contribution < 1.29 is 14.4 Å². The molecule has 6 nitrogen and oxygen atoms in total. The van der Waals surface area contributed by atoms with Crippen LogP contribution in [0.3, 0.4) is 0 Å². The third-order valence-electron chi connectivity index (χ3n) is 7.29. The lowest BCUT2D eigenvalue weighted by Gasteiger charge is -2.36. The number of carbonyl (C=O) groups is 3. The monoisotopic (exact) mass is 499 g/mol. The first-order valence-corrected chi connectivity index (χ1v) is 11.6. The van der Waals surface area contributed by atoms with Crippen LogP contribution in [0.5, 0.6) is 0 Å². The van der Waals surface area contributed by atoms with E-state index in [0.717, 1.165) is 24.0 Å². The van der Waals surface area contributed by atoms with Gasteiger partial charge in [0.05, 0.1) is 28.2 Å². The van der Waals surface area contributed by atoms with Gasteiger partial charge in [0.1, 0.15) is 5.54 Å². The average Bonchev–Trinajstić information content (AvgIpc) is 3.42. The molecule has 4 heterocycles. The molecule has 8 heteroatoms. The topological polar surface area (TPSA) is 69.7 Å². The zero-order valence-electron chi connectivity index (χ0n) is 16.7.